The molecule has 1 N–H and O–H groups in total. The zero-order valence-corrected chi connectivity index (χ0v) is 40.4. The zero-order valence-electron chi connectivity index (χ0n) is 39.5. The summed E-state index contributed by atoms with van der Waals surface area (Å²) in [5.74, 6) is -0.824. The Morgan fingerprint density at radius 1 is 0.435 bits per heavy atom. The fraction of sp³-hybridized carbons (Fsp3) is 0.660. The molecule has 0 rings (SSSR count). The van der Waals surface area contributed by atoms with E-state index in [2.05, 4.69) is 111 Å². The van der Waals surface area contributed by atoms with Gasteiger partial charge in [-0.1, -0.05) is 188 Å². The van der Waals surface area contributed by atoms with Crippen LogP contribution in [0, 0.1) is 0 Å². The van der Waals surface area contributed by atoms with Gasteiger partial charge in [0.1, 0.15) is 6.61 Å². The molecule has 2 atom stereocenters. The number of phosphoric acid groups is 1. The minimum absolute atomic E-state index is 0.00818. The third-order valence-corrected chi connectivity index (χ3v) is 10.9. The Balaban J connectivity index is 4.05. The topological polar surface area (TPSA) is 108 Å². The maximum absolute atomic E-state index is 12.6. The molecule has 0 fully saturated rings. The van der Waals surface area contributed by atoms with Crippen molar-refractivity contribution in [1.29, 1.82) is 0 Å². The van der Waals surface area contributed by atoms with Crippen molar-refractivity contribution in [3.8, 4) is 0 Å². The summed E-state index contributed by atoms with van der Waals surface area (Å²) in [6, 6.07) is 0. The van der Waals surface area contributed by atoms with Crippen LogP contribution < -0.4 is 0 Å². The molecule has 0 aliphatic heterocycles. The fourth-order valence-corrected chi connectivity index (χ4v) is 7.13. The SMILES string of the molecule is CC/C=C\C/C=C\C/C=C\C/C=C\CCCCCCCCCCCCC(=O)OC(COC(=O)CCCCCCCC/C=C\C/C=C\C/C=C\C/C=C\CC)COP(=O)(O)OCC. The molecule has 0 aliphatic carbocycles. The van der Waals surface area contributed by atoms with Gasteiger partial charge in [0.05, 0.1) is 13.2 Å². The van der Waals surface area contributed by atoms with Gasteiger partial charge in [0.2, 0.25) is 0 Å². The van der Waals surface area contributed by atoms with E-state index in [0.717, 1.165) is 116 Å². The molecule has 9 heteroatoms. The normalized spacial score (nSPS) is 14.1. The fourth-order valence-electron chi connectivity index (χ4n) is 6.38. The van der Waals surface area contributed by atoms with Crippen molar-refractivity contribution in [2.45, 2.75) is 207 Å². The van der Waals surface area contributed by atoms with Crippen LogP contribution in [0.3, 0.4) is 0 Å². The van der Waals surface area contributed by atoms with Crippen molar-refractivity contribution < 1.29 is 37.6 Å². The number of rotatable bonds is 44. The van der Waals surface area contributed by atoms with E-state index in [4.69, 9.17) is 18.5 Å². The summed E-state index contributed by atoms with van der Waals surface area (Å²) < 4.78 is 32.8. The minimum Gasteiger partial charge on any atom is -0.462 e. The summed E-state index contributed by atoms with van der Waals surface area (Å²) >= 11 is 0. The van der Waals surface area contributed by atoms with Gasteiger partial charge in [-0.2, -0.15) is 0 Å². The molecule has 0 aromatic carbocycles. The van der Waals surface area contributed by atoms with Crippen LogP contribution in [0.2, 0.25) is 0 Å². The van der Waals surface area contributed by atoms with Crippen LogP contribution in [0.25, 0.3) is 0 Å². The summed E-state index contributed by atoms with van der Waals surface area (Å²) in [6.07, 6.45) is 63.2. The van der Waals surface area contributed by atoms with Gasteiger partial charge in [-0.25, -0.2) is 4.57 Å². The highest BCUT2D eigenvalue weighted by Crippen LogP contribution is 2.43. The monoisotopic (exact) mass is 885 g/mol. The number of esters is 2. The summed E-state index contributed by atoms with van der Waals surface area (Å²) in [5.41, 5.74) is 0. The first-order chi connectivity index (χ1) is 30.3. The van der Waals surface area contributed by atoms with Gasteiger partial charge in [-0.3, -0.25) is 18.6 Å². The lowest BCUT2D eigenvalue weighted by Crippen LogP contribution is -2.29. The number of hydrogen-bond donors (Lipinski definition) is 1. The van der Waals surface area contributed by atoms with Crippen LogP contribution in [0.1, 0.15) is 201 Å². The van der Waals surface area contributed by atoms with Crippen LogP contribution in [-0.2, 0) is 32.7 Å². The van der Waals surface area contributed by atoms with E-state index < -0.39 is 26.5 Å². The summed E-state index contributed by atoms with van der Waals surface area (Å²) in [4.78, 5) is 34.9. The van der Waals surface area contributed by atoms with Crippen LogP contribution in [0.15, 0.2) is 97.2 Å². The quantitative estimate of drug-likeness (QED) is 0.0279. The predicted octanol–water partition coefficient (Wildman–Crippen LogP) is 16.0. The average molecular weight is 885 g/mol. The van der Waals surface area contributed by atoms with Gasteiger partial charge < -0.3 is 14.4 Å². The molecule has 0 amide bonds. The maximum atomic E-state index is 12.6. The lowest BCUT2D eigenvalue weighted by molar-refractivity contribution is -0.161. The maximum Gasteiger partial charge on any atom is 0.472 e. The molecule has 0 bridgehead atoms. The molecule has 2 unspecified atom stereocenters. The van der Waals surface area contributed by atoms with Gasteiger partial charge >= 0.3 is 19.8 Å². The Bertz CT molecular complexity index is 1320. The number of allylic oxidation sites excluding steroid dienone is 16. The van der Waals surface area contributed by atoms with Gasteiger partial charge in [-0.15, -0.1) is 0 Å². The number of ether oxygens (including phenoxy) is 2. The molecule has 0 saturated heterocycles. The third-order valence-electron chi connectivity index (χ3n) is 9.89. The zero-order chi connectivity index (χ0) is 45.3. The second kappa shape index (κ2) is 47.4. The summed E-state index contributed by atoms with van der Waals surface area (Å²) in [6.45, 7) is 5.23. The molecule has 0 aromatic heterocycles. The van der Waals surface area contributed by atoms with E-state index in [1.54, 1.807) is 6.92 Å². The number of hydrogen-bond acceptors (Lipinski definition) is 7. The van der Waals surface area contributed by atoms with Crippen molar-refractivity contribution in [2.24, 2.45) is 0 Å². The largest absolute Gasteiger partial charge is 0.472 e. The van der Waals surface area contributed by atoms with Crippen molar-refractivity contribution in [3.05, 3.63) is 97.2 Å². The van der Waals surface area contributed by atoms with Crippen molar-refractivity contribution >= 4 is 19.8 Å². The Morgan fingerprint density at radius 2 is 0.774 bits per heavy atom. The van der Waals surface area contributed by atoms with Crippen LogP contribution >= 0.6 is 7.82 Å². The van der Waals surface area contributed by atoms with E-state index in [1.165, 1.54) is 44.9 Å². The molecule has 8 nitrogen and oxygen atoms in total. The van der Waals surface area contributed by atoms with E-state index >= 15 is 0 Å². The smallest absolute Gasteiger partial charge is 0.462 e. The highest BCUT2D eigenvalue weighted by atomic mass is 31.2. The number of phosphoric ester groups is 1. The Morgan fingerprint density at radius 3 is 1.16 bits per heavy atom. The second-order valence-corrected chi connectivity index (χ2v) is 17.2. The minimum atomic E-state index is -4.30. The lowest BCUT2D eigenvalue weighted by Gasteiger charge is -2.19. The molecule has 0 aromatic rings. The summed E-state index contributed by atoms with van der Waals surface area (Å²) in [5, 5.41) is 0. The van der Waals surface area contributed by atoms with E-state index in [0.29, 0.717) is 6.42 Å². The first-order valence-corrected chi connectivity index (χ1v) is 26.0. The molecular formula is C53H89O8P. The van der Waals surface area contributed by atoms with E-state index in [9.17, 15) is 19.0 Å². The first kappa shape index (κ1) is 59.0. The Kier molecular flexibility index (Phi) is 45.1. The summed E-state index contributed by atoms with van der Waals surface area (Å²) in [7, 11) is -4.30. The predicted molar refractivity (Wildman–Crippen MR) is 262 cm³/mol. The van der Waals surface area contributed by atoms with Gasteiger partial charge in [0, 0.05) is 12.8 Å². The molecule has 354 valence electrons. The number of carbonyl (C=O) groups is 2. The highest BCUT2D eigenvalue weighted by Gasteiger charge is 2.25. The molecule has 0 aliphatic rings. The van der Waals surface area contributed by atoms with Crippen molar-refractivity contribution in [1.82, 2.24) is 0 Å². The molecule has 62 heavy (non-hydrogen) atoms. The van der Waals surface area contributed by atoms with Gasteiger partial charge in [0.25, 0.3) is 0 Å². The Labute approximate surface area is 379 Å². The number of unbranched alkanes of at least 4 members (excludes halogenated alkanes) is 16. The molecule has 0 radical (unpaired) electrons. The van der Waals surface area contributed by atoms with Crippen LogP contribution in [0.4, 0.5) is 0 Å². The second-order valence-electron chi connectivity index (χ2n) is 15.7. The standard InChI is InChI=1S/C53H89O8P/c1-4-7-9-11-13-15-17-19-21-23-25-26-27-28-30-32-34-36-38-40-42-44-46-48-53(55)61-51(50-60-62(56,57)59-6-3)49-58-52(54)47-45-43-41-39-37-35-33-31-29-24-22-20-18-16-14-12-10-8-5-2/h7-10,13-16,19-22,25-26,29,31,51H,4-6,11-12,17-18,23-24,27-28,30,32-50H2,1-3H3,(H,56,57)/b9-7-,10-8-,15-13-,16-14-,21-19-,22-20-,26-25-,31-29-. The van der Waals surface area contributed by atoms with Gasteiger partial charge in [0.15, 0.2) is 6.10 Å². The van der Waals surface area contributed by atoms with Crippen LogP contribution in [-0.4, -0.2) is 42.8 Å². The lowest BCUT2D eigenvalue weighted by atomic mass is 10.0. The highest BCUT2D eigenvalue weighted by molar-refractivity contribution is 7.47. The number of carbonyl (C=O) groups excluding carboxylic acids is 2. The average Bonchev–Trinajstić information content (AvgIpc) is 3.25. The van der Waals surface area contributed by atoms with E-state index in [-0.39, 0.29) is 32.0 Å². The molecular weight excluding hydrogens is 796 g/mol. The molecule has 0 heterocycles. The molecule has 0 saturated carbocycles. The van der Waals surface area contributed by atoms with Crippen LogP contribution in [0.5, 0.6) is 0 Å². The van der Waals surface area contributed by atoms with E-state index in [1.807, 2.05) is 0 Å². The van der Waals surface area contributed by atoms with Gasteiger partial charge in [-0.05, 0) is 96.8 Å². The van der Waals surface area contributed by atoms with Crippen molar-refractivity contribution in [2.75, 3.05) is 19.8 Å². The van der Waals surface area contributed by atoms with Crippen molar-refractivity contribution in [3.63, 3.8) is 0 Å². The Hall–Kier alpha value is -3.03. The molecule has 0 spiro atoms. The first-order valence-electron chi connectivity index (χ1n) is 24.5. The third kappa shape index (κ3) is 46.5.